The van der Waals surface area contributed by atoms with E-state index in [4.69, 9.17) is 0 Å². The number of aromatic nitrogens is 1. The largest absolute Gasteiger partial charge is 0.250 e. The van der Waals surface area contributed by atoms with Crippen molar-refractivity contribution in [2.45, 2.75) is 13.3 Å². The first-order valence-corrected chi connectivity index (χ1v) is 4.26. The van der Waals surface area contributed by atoms with Crippen LogP contribution in [0.4, 0.5) is 0 Å². The number of thiazole rings is 1. The molecular formula is C6H10N2O3S. The lowest BCUT2D eigenvalue weighted by Gasteiger charge is -1.98. The molecule has 2 N–H and O–H groups in total. The van der Waals surface area contributed by atoms with Crippen LogP contribution < -0.4 is 5.90 Å². The highest BCUT2D eigenvalue weighted by molar-refractivity contribution is 7.09. The molecule has 0 aliphatic carbocycles. The first-order chi connectivity index (χ1) is 5.84. The maximum atomic E-state index is 4.56. The van der Waals surface area contributed by atoms with Gasteiger partial charge in [-0.1, -0.05) is 0 Å². The predicted molar refractivity (Wildman–Crippen MR) is 42.9 cm³/mol. The summed E-state index contributed by atoms with van der Waals surface area (Å²) in [5.41, 5.74) is 2.82. The molecule has 68 valence electrons. The number of nitrogens with zero attached hydrogens (tertiary/aromatic N) is 1. The fourth-order valence-electron chi connectivity index (χ4n) is 0.762. The van der Waals surface area contributed by atoms with E-state index >= 15 is 0 Å². The first kappa shape index (κ1) is 9.56. The summed E-state index contributed by atoms with van der Waals surface area (Å²) >= 11 is 1.59. The van der Waals surface area contributed by atoms with Gasteiger partial charge in [0, 0.05) is 11.3 Å². The summed E-state index contributed by atoms with van der Waals surface area (Å²) in [5.74, 6) is 4.56. The van der Waals surface area contributed by atoms with Gasteiger partial charge in [0.2, 0.25) is 0 Å². The SMILES string of the molecule is Cc1ncsc1CCOOON. The van der Waals surface area contributed by atoms with E-state index in [0.29, 0.717) is 6.61 Å². The summed E-state index contributed by atoms with van der Waals surface area (Å²) in [7, 11) is 0. The lowest BCUT2D eigenvalue weighted by molar-refractivity contribution is -0.516. The summed E-state index contributed by atoms with van der Waals surface area (Å²) in [6.07, 6.45) is 0.750. The van der Waals surface area contributed by atoms with E-state index in [9.17, 15) is 0 Å². The zero-order valence-electron chi connectivity index (χ0n) is 6.65. The van der Waals surface area contributed by atoms with E-state index in [0.717, 1.165) is 12.1 Å². The molecule has 1 heterocycles. The zero-order valence-corrected chi connectivity index (χ0v) is 7.47. The summed E-state index contributed by atoms with van der Waals surface area (Å²) in [6, 6.07) is 0. The number of aryl methyl sites for hydroxylation is 1. The summed E-state index contributed by atoms with van der Waals surface area (Å²) in [5, 5.41) is 4.03. The fourth-order valence-corrected chi connectivity index (χ4v) is 1.52. The Balaban J connectivity index is 2.20. The van der Waals surface area contributed by atoms with Crippen molar-refractivity contribution in [2.75, 3.05) is 6.61 Å². The Morgan fingerprint density at radius 1 is 1.67 bits per heavy atom. The molecule has 6 heteroatoms. The van der Waals surface area contributed by atoms with Gasteiger partial charge < -0.3 is 0 Å². The van der Waals surface area contributed by atoms with Gasteiger partial charge >= 0.3 is 0 Å². The molecule has 0 amide bonds. The minimum atomic E-state index is 0.403. The van der Waals surface area contributed by atoms with Gasteiger partial charge in [-0.25, -0.2) is 9.87 Å². The van der Waals surface area contributed by atoms with Crippen LogP contribution in [0.5, 0.6) is 0 Å². The van der Waals surface area contributed by atoms with E-state index in [1.807, 2.05) is 6.92 Å². The van der Waals surface area contributed by atoms with Crippen LogP contribution in [0.1, 0.15) is 10.6 Å². The van der Waals surface area contributed by atoms with Crippen LogP contribution in [0.3, 0.4) is 0 Å². The minimum Gasteiger partial charge on any atom is -0.250 e. The van der Waals surface area contributed by atoms with E-state index in [1.54, 1.807) is 16.8 Å². The monoisotopic (exact) mass is 190 g/mol. The van der Waals surface area contributed by atoms with Gasteiger partial charge in [0.1, 0.15) is 0 Å². The molecular weight excluding hydrogens is 180 g/mol. The van der Waals surface area contributed by atoms with Crippen LogP contribution in [0, 0.1) is 6.92 Å². The fraction of sp³-hybridized carbons (Fsp3) is 0.500. The molecule has 0 aliphatic heterocycles. The first-order valence-electron chi connectivity index (χ1n) is 3.38. The highest BCUT2D eigenvalue weighted by Gasteiger charge is 2.00. The van der Waals surface area contributed by atoms with E-state index in [-0.39, 0.29) is 0 Å². The average Bonchev–Trinajstić information content (AvgIpc) is 2.46. The molecule has 0 fully saturated rings. The Labute approximate surface area is 73.9 Å². The van der Waals surface area contributed by atoms with Crippen molar-refractivity contribution >= 4 is 11.3 Å². The third kappa shape index (κ3) is 2.84. The molecule has 0 aliphatic rings. The summed E-state index contributed by atoms with van der Waals surface area (Å²) in [6.45, 7) is 2.35. The number of hydrogen-bond donors (Lipinski definition) is 1. The van der Waals surface area contributed by atoms with Crippen LogP contribution >= 0.6 is 11.3 Å². The third-order valence-electron chi connectivity index (χ3n) is 1.34. The Hall–Kier alpha value is -0.530. The maximum absolute atomic E-state index is 4.56. The molecule has 1 rings (SSSR count). The second-order valence-corrected chi connectivity index (χ2v) is 3.04. The summed E-state index contributed by atoms with van der Waals surface area (Å²) in [4.78, 5) is 13.6. The molecule has 0 saturated carbocycles. The van der Waals surface area contributed by atoms with Gasteiger partial charge in [-0.05, 0) is 12.0 Å². The quantitative estimate of drug-likeness (QED) is 0.421. The molecule has 0 spiro atoms. The Bertz CT molecular complexity index is 228. The number of rotatable bonds is 5. The molecule has 1 aromatic heterocycles. The smallest absolute Gasteiger partial charge is 0.0903 e. The molecule has 0 aromatic carbocycles. The molecule has 1 aromatic rings. The van der Waals surface area contributed by atoms with Gasteiger partial charge in [0.25, 0.3) is 0 Å². The van der Waals surface area contributed by atoms with Crippen molar-refractivity contribution in [2.24, 2.45) is 5.90 Å². The molecule has 0 saturated heterocycles. The van der Waals surface area contributed by atoms with Crippen LogP contribution in [0.25, 0.3) is 0 Å². The Kier molecular flexibility index (Phi) is 4.12. The van der Waals surface area contributed by atoms with E-state index < -0.39 is 0 Å². The molecule has 0 atom stereocenters. The molecule has 0 unspecified atom stereocenters. The maximum Gasteiger partial charge on any atom is 0.0903 e. The Morgan fingerprint density at radius 2 is 2.50 bits per heavy atom. The predicted octanol–water partition coefficient (Wildman–Crippen LogP) is 0.748. The second kappa shape index (κ2) is 5.18. The van der Waals surface area contributed by atoms with Crippen molar-refractivity contribution in [1.82, 2.24) is 4.98 Å². The topological polar surface area (TPSA) is 66.6 Å². The average molecular weight is 190 g/mol. The van der Waals surface area contributed by atoms with E-state index in [2.05, 4.69) is 25.8 Å². The molecule has 5 nitrogen and oxygen atoms in total. The van der Waals surface area contributed by atoms with Crippen molar-refractivity contribution in [3.63, 3.8) is 0 Å². The van der Waals surface area contributed by atoms with Crippen molar-refractivity contribution in [1.29, 1.82) is 0 Å². The van der Waals surface area contributed by atoms with Crippen molar-refractivity contribution < 1.29 is 14.9 Å². The normalized spacial score (nSPS) is 10.5. The minimum absolute atomic E-state index is 0.403. The van der Waals surface area contributed by atoms with Crippen LogP contribution in [-0.4, -0.2) is 11.6 Å². The van der Waals surface area contributed by atoms with Gasteiger partial charge in [0.15, 0.2) is 0 Å². The van der Waals surface area contributed by atoms with Gasteiger partial charge in [-0.3, -0.25) is 0 Å². The third-order valence-corrected chi connectivity index (χ3v) is 2.34. The zero-order chi connectivity index (χ0) is 8.81. The van der Waals surface area contributed by atoms with Gasteiger partial charge in [0.05, 0.1) is 17.8 Å². The van der Waals surface area contributed by atoms with Gasteiger partial charge in [-0.2, -0.15) is 5.90 Å². The molecule has 0 radical (unpaired) electrons. The molecule has 12 heavy (non-hydrogen) atoms. The summed E-state index contributed by atoms with van der Waals surface area (Å²) < 4.78 is 0. The lowest BCUT2D eigenvalue weighted by atomic mass is 10.3. The van der Waals surface area contributed by atoms with Crippen LogP contribution in [-0.2, 0) is 21.3 Å². The standard InChI is InChI=1S/C6H10N2O3S/c1-5-6(12-4-8-5)2-3-9-11-10-7/h4H,2-3,7H2,1H3. The van der Waals surface area contributed by atoms with E-state index in [1.165, 1.54) is 4.88 Å². The van der Waals surface area contributed by atoms with Crippen LogP contribution in [0.2, 0.25) is 0 Å². The highest BCUT2D eigenvalue weighted by Crippen LogP contribution is 2.12. The van der Waals surface area contributed by atoms with Crippen molar-refractivity contribution in [3.8, 4) is 0 Å². The lowest BCUT2D eigenvalue weighted by Crippen LogP contribution is -2.04. The number of hydrogen-bond acceptors (Lipinski definition) is 6. The Morgan fingerprint density at radius 3 is 3.08 bits per heavy atom. The number of nitrogens with two attached hydrogens (primary N) is 1. The second-order valence-electron chi connectivity index (χ2n) is 2.10. The highest BCUT2D eigenvalue weighted by atomic mass is 32.1. The van der Waals surface area contributed by atoms with Crippen LogP contribution in [0.15, 0.2) is 5.51 Å². The van der Waals surface area contributed by atoms with Crippen molar-refractivity contribution in [3.05, 3.63) is 16.1 Å². The molecule has 0 bridgehead atoms. The van der Waals surface area contributed by atoms with Gasteiger partial charge in [-0.15, -0.1) is 16.3 Å².